The maximum atomic E-state index is 12.4. The first kappa shape index (κ1) is 14.6. The average Bonchev–Trinajstić information content (AvgIpc) is 2.79. The van der Waals surface area contributed by atoms with Crippen LogP contribution in [0.3, 0.4) is 0 Å². The molecule has 1 aliphatic heterocycles. The highest BCUT2D eigenvalue weighted by atomic mass is 16.5. The van der Waals surface area contributed by atoms with E-state index in [1.54, 1.807) is 0 Å². The molecule has 0 aliphatic carbocycles. The van der Waals surface area contributed by atoms with Gasteiger partial charge in [0.2, 0.25) is 5.91 Å². The van der Waals surface area contributed by atoms with Crippen LogP contribution in [0.4, 0.5) is 0 Å². The van der Waals surface area contributed by atoms with Gasteiger partial charge in [0.25, 0.3) is 0 Å². The molecule has 3 rings (SSSR count). The number of nitrogens with zero attached hydrogens (tertiary/aromatic N) is 1. The zero-order valence-electron chi connectivity index (χ0n) is 13.1. The number of carbonyl (C=O) groups is 1. The van der Waals surface area contributed by atoms with Gasteiger partial charge in [0, 0.05) is 23.2 Å². The van der Waals surface area contributed by atoms with Crippen LogP contribution in [-0.4, -0.2) is 22.2 Å². The third-order valence-corrected chi connectivity index (χ3v) is 4.14. The van der Waals surface area contributed by atoms with Gasteiger partial charge in [0.05, 0.1) is 24.3 Å². The molecule has 22 heavy (non-hydrogen) atoms. The van der Waals surface area contributed by atoms with Crippen LogP contribution >= 0.6 is 0 Å². The first-order chi connectivity index (χ1) is 10.5. The number of aryl methyl sites for hydroxylation is 2. The number of para-hydroxylation sites is 1. The fraction of sp³-hybridized carbons (Fsp3) is 0.412. The maximum Gasteiger partial charge on any atom is 0.225 e. The predicted octanol–water partition coefficient (Wildman–Crippen LogP) is 2.60. The molecule has 0 unspecified atom stereocenters. The van der Waals surface area contributed by atoms with E-state index in [0.29, 0.717) is 6.42 Å². The molecule has 2 heterocycles. The van der Waals surface area contributed by atoms with E-state index >= 15 is 0 Å². The fourth-order valence-electron chi connectivity index (χ4n) is 2.98. The van der Waals surface area contributed by atoms with E-state index in [2.05, 4.69) is 15.5 Å². The standard InChI is InChI=1S/C17H21N3O2/c1-10-8-15(13-6-4-5-7-16(13)22-10)18-17(21)9-14-11(2)19-20-12(14)3/h4-7,10,15H,8-9H2,1-3H3,(H,18,21)(H,19,20)/t10-,15-/m1/s1. The lowest BCUT2D eigenvalue weighted by Crippen LogP contribution is -2.36. The van der Waals surface area contributed by atoms with Gasteiger partial charge >= 0.3 is 0 Å². The van der Waals surface area contributed by atoms with Crippen molar-refractivity contribution in [2.24, 2.45) is 0 Å². The number of nitrogens with one attached hydrogen (secondary N) is 2. The van der Waals surface area contributed by atoms with E-state index in [1.807, 2.05) is 45.0 Å². The van der Waals surface area contributed by atoms with Gasteiger partial charge in [-0.05, 0) is 26.8 Å². The topological polar surface area (TPSA) is 67.0 Å². The van der Waals surface area contributed by atoms with Gasteiger partial charge in [-0.25, -0.2) is 0 Å². The Bertz CT molecular complexity index is 673. The molecule has 0 spiro atoms. The number of hydrogen-bond donors (Lipinski definition) is 2. The Kier molecular flexibility index (Phi) is 3.88. The fourth-order valence-corrected chi connectivity index (χ4v) is 2.98. The minimum atomic E-state index is -0.0000340. The minimum Gasteiger partial charge on any atom is -0.490 e. The van der Waals surface area contributed by atoms with E-state index in [1.165, 1.54) is 0 Å². The zero-order chi connectivity index (χ0) is 15.7. The molecule has 2 N–H and O–H groups in total. The normalized spacial score (nSPS) is 20.1. The van der Waals surface area contributed by atoms with Crippen molar-refractivity contribution in [1.82, 2.24) is 15.5 Å². The second-order valence-corrected chi connectivity index (χ2v) is 5.91. The second-order valence-electron chi connectivity index (χ2n) is 5.91. The van der Waals surface area contributed by atoms with Crippen molar-refractivity contribution in [3.63, 3.8) is 0 Å². The molecule has 2 aromatic rings. The van der Waals surface area contributed by atoms with Crippen LogP contribution in [0.2, 0.25) is 0 Å². The molecule has 2 atom stereocenters. The van der Waals surface area contributed by atoms with Crippen molar-refractivity contribution < 1.29 is 9.53 Å². The van der Waals surface area contributed by atoms with Crippen LogP contribution in [0.15, 0.2) is 24.3 Å². The molecule has 5 heteroatoms. The molecule has 1 aromatic carbocycles. The lowest BCUT2D eigenvalue weighted by Gasteiger charge is -2.31. The summed E-state index contributed by atoms with van der Waals surface area (Å²) in [5, 5.41) is 10.2. The summed E-state index contributed by atoms with van der Waals surface area (Å²) in [6.07, 6.45) is 1.23. The predicted molar refractivity (Wildman–Crippen MR) is 83.8 cm³/mol. The van der Waals surface area contributed by atoms with Crippen molar-refractivity contribution in [1.29, 1.82) is 0 Å². The molecule has 116 valence electrons. The zero-order valence-corrected chi connectivity index (χ0v) is 13.1. The molecular formula is C17H21N3O2. The number of aromatic nitrogens is 2. The summed E-state index contributed by atoms with van der Waals surface area (Å²) in [5.41, 5.74) is 3.86. The van der Waals surface area contributed by atoms with Gasteiger partial charge in [-0.2, -0.15) is 5.10 Å². The van der Waals surface area contributed by atoms with Gasteiger partial charge in [-0.15, -0.1) is 0 Å². The van der Waals surface area contributed by atoms with Crippen LogP contribution in [0, 0.1) is 13.8 Å². The average molecular weight is 299 g/mol. The molecular weight excluding hydrogens is 278 g/mol. The van der Waals surface area contributed by atoms with Crippen LogP contribution in [0.5, 0.6) is 5.75 Å². The Balaban J connectivity index is 1.74. The van der Waals surface area contributed by atoms with Crippen molar-refractivity contribution >= 4 is 5.91 Å². The van der Waals surface area contributed by atoms with Crippen molar-refractivity contribution in [3.05, 3.63) is 46.8 Å². The van der Waals surface area contributed by atoms with E-state index in [0.717, 1.165) is 34.7 Å². The smallest absolute Gasteiger partial charge is 0.225 e. The summed E-state index contributed by atoms with van der Waals surface area (Å²) in [4.78, 5) is 12.4. The van der Waals surface area contributed by atoms with E-state index in [9.17, 15) is 4.79 Å². The monoisotopic (exact) mass is 299 g/mol. The molecule has 0 bridgehead atoms. The lowest BCUT2D eigenvalue weighted by atomic mass is 9.96. The summed E-state index contributed by atoms with van der Waals surface area (Å²) in [7, 11) is 0. The first-order valence-corrected chi connectivity index (χ1v) is 7.60. The maximum absolute atomic E-state index is 12.4. The van der Waals surface area contributed by atoms with E-state index in [4.69, 9.17) is 4.74 Å². The number of amides is 1. The van der Waals surface area contributed by atoms with Gasteiger partial charge in [-0.1, -0.05) is 18.2 Å². The molecule has 5 nitrogen and oxygen atoms in total. The number of benzene rings is 1. The highest BCUT2D eigenvalue weighted by Gasteiger charge is 2.27. The highest BCUT2D eigenvalue weighted by Crippen LogP contribution is 2.34. The van der Waals surface area contributed by atoms with Gasteiger partial charge in [-0.3, -0.25) is 9.89 Å². The van der Waals surface area contributed by atoms with Gasteiger partial charge < -0.3 is 10.1 Å². The highest BCUT2D eigenvalue weighted by molar-refractivity contribution is 5.79. The van der Waals surface area contributed by atoms with E-state index < -0.39 is 0 Å². The minimum absolute atomic E-state index is 0.0000340. The summed E-state index contributed by atoms with van der Waals surface area (Å²) in [6.45, 7) is 5.88. The van der Waals surface area contributed by atoms with Crippen LogP contribution in [0.1, 0.15) is 41.9 Å². The molecule has 0 fully saturated rings. The van der Waals surface area contributed by atoms with Gasteiger partial charge in [0.15, 0.2) is 0 Å². The SMILES string of the molecule is Cc1n[nH]c(C)c1CC(=O)N[C@@H]1C[C@@H](C)Oc2ccccc21. The van der Waals surface area contributed by atoms with Crippen molar-refractivity contribution in [3.8, 4) is 5.75 Å². The Morgan fingerprint density at radius 3 is 2.91 bits per heavy atom. The molecule has 0 radical (unpaired) electrons. The van der Waals surface area contributed by atoms with Crippen molar-refractivity contribution in [2.45, 2.75) is 45.8 Å². The molecule has 1 amide bonds. The Hall–Kier alpha value is -2.30. The summed E-state index contributed by atoms with van der Waals surface area (Å²) in [5.74, 6) is 0.878. The first-order valence-electron chi connectivity index (χ1n) is 7.60. The second kappa shape index (κ2) is 5.83. The molecule has 0 saturated heterocycles. The number of ether oxygens (including phenoxy) is 1. The number of carbonyl (C=O) groups excluding carboxylic acids is 1. The molecule has 1 aliphatic rings. The number of H-pyrrole nitrogens is 1. The third kappa shape index (κ3) is 2.84. The number of aromatic amines is 1. The summed E-state index contributed by atoms with van der Waals surface area (Å²) in [6, 6.07) is 7.89. The molecule has 0 saturated carbocycles. The lowest BCUT2D eigenvalue weighted by molar-refractivity contribution is -0.121. The Morgan fingerprint density at radius 2 is 2.18 bits per heavy atom. The Labute approximate surface area is 130 Å². The largest absolute Gasteiger partial charge is 0.490 e. The Morgan fingerprint density at radius 1 is 1.41 bits per heavy atom. The summed E-state index contributed by atoms with van der Waals surface area (Å²) < 4.78 is 5.82. The van der Waals surface area contributed by atoms with Crippen LogP contribution < -0.4 is 10.1 Å². The van der Waals surface area contributed by atoms with Crippen LogP contribution in [0.25, 0.3) is 0 Å². The number of hydrogen-bond acceptors (Lipinski definition) is 3. The quantitative estimate of drug-likeness (QED) is 0.915. The number of fused-ring (bicyclic) bond motifs is 1. The van der Waals surface area contributed by atoms with Gasteiger partial charge in [0.1, 0.15) is 5.75 Å². The molecule has 1 aromatic heterocycles. The van der Waals surface area contributed by atoms with E-state index in [-0.39, 0.29) is 18.1 Å². The summed E-state index contributed by atoms with van der Waals surface area (Å²) >= 11 is 0. The van der Waals surface area contributed by atoms with Crippen molar-refractivity contribution in [2.75, 3.05) is 0 Å². The number of rotatable bonds is 3. The third-order valence-electron chi connectivity index (χ3n) is 4.14. The van der Waals surface area contributed by atoms with Crippen LogP contribution in [-0.2, 0) is 11.2 Å².